The molecular weight excluding hydrogens is 527 g/mol. The SMILES string of the molecule is COc1cc(OC)c(C(=O)C(Br)C(Br)c2ccc(Cl)cc2)cc1Br. The number of rotatable bonds is 6. The summed E-state index contributed by atoms with van der Waals surface area (Å²) >= 11 is 16.4. The lowest BCUT2D eigenvalue weighted by Crippen LogP contribution is -2.20. The summed E-state index contributed by atoms with van der Waals surface area (Å²) in [5, 5.41) is 0.650. The van der Waals surface area contributed by atoms with Crippen molar-refractivity contribution in [3.05, 3.63) is 57.0 Å². The van der Waals surface area contributed by atoms with Gasteiger partial charge in [-0.1, -0.05) is 55.6 Å². The number of hydrogen-bond donors (Lipinski definition) is 0. The number of benzene rings is 2. The zero-order valence-corrected chi connectivity index (χ0v) is 18.4. The van der Waals surface area contributed by atoms with Crippen molar-refractivity contribution in [2.24, 2.45) is 0 Å². The van der Waals surface area contributed by atoms with Crippen molar-refractivity contribution in [1.29, 1.82) is 0 Å². The van der Waals surface area contributed by atoms with Crippen molar-refractivity contribution in [3.8, 4) is 11.5 Å². The highest BCUT2D eigenvalue weighted by atomic mass is 79.9. The molecule has 0 radical (unpaired) electrons. The third-order valence-electron chi connectivity index (χ3n) is 3.44. The number of carbonyl (C=O) groups is 1. The standard InChI is InChI=1S/C17H14Br3ClO3/c1-23-13-8-14(24-2)12(18)7-11(13)17(22)16(20)15(19)9-3-5-10(21)6-4-9/h3-8,15-16H,1-2H3. The molecule has 128 valence electrons. The van der Waals surface area contributed by atoms with Crippen LogP contribution in [0.4, 0.5) is 0 Å². The van der Waals surface area contributed by atoms with Gasteiger partial charge < -0.3 is 9.47 Å². The molecule has 0 spiro atoms. The Morgan fingerprint density at radius 3 is 2.17 bits per heavy atom. The molecule has 0 bridgehead atoms. The van der Waals surface area contributed by atoms with Crippen molar-refractivity contribution in [2.45, 2.75) is 9.65 Å². The fourth-order valence-electron chi connectivity index (χ4n) is 2.15. The molecule has 0 N–H and O–H groups in total. The molecule has 2 unspecified atom stereocenters. The average Bonchev–Trinajstić information content (AvgIpc) is 2.60. The van der Waals surface area contributed by atoms with Gasteiger partial charge in [0.05, 0.1) is 33.9 Å². The van der Waals surface area contributed by atoms with Crippen LogP contribution in [0.25, 0.3) is 0 Å². The van der Waals surface area contributed by atoms with E-state index in [0.717, 1.165) is 5.56 Å². The van der Waals surface area contributed by atoms with Crippen LogP contribution in [-0.4, -0.2) is 24.8 Å². The summed E-state index contributed by atoms with van der Waals surface area (Å²) in [6.45, 7) is 0. The summed E-state index contributed by atoms with van der Waals surface area (Å²) in [6.07, 6.45) is 0. The Morgan fingerprint density at radius 2 is 1.62 bits per heavy atom. The van der Waals surface area contributed by atoms with Crippen molar-refractivity contribution in [1.82, 2.24) is 0 Å². The Balaban J connectivity index is 2.33. The van der Waals surface area contributed by atoms with Crippen LogP contribution in [0.3, 0.4) is 0 Å². The average molecular weight is 541 g/mol. The van der Waals surface area contributed by atoms with Gasteiger partial charge in [-0.3, -0.25) is 4.79 Å². The minimum atomic E-state index is -0.479. The molecule has 0 fully saturated rings. The van der Waals surface area contributed by atoms with E-state index in [2.05, 4.69) is 47.8 Å². The Bertz CT molecular complexity index is 735. The number of hydrogen-bond acceptors (Lipinski definition) is 3. The van der Waals surface area contributed by atoms with Crippen LogP contribution in [0.1, 0.15) is 20.7 Å². The Morgan fingerprint density at radius 1 is 1.04 bits per heavy atom. The lowest BCUT2D eigenvalue weighted by atomic mass is 10.0. The van der Waals surface area contributed by atoms with Crippen molar-refractivity contribution in [3.63, 3.8) is 0 Å². The fraction of sp³-hybridized carbons (Fsp3) is 0.235. The van der Waals surface area contributed by atoms with Gasteiger partial charge in [0.1, 0.15) is 11.5 Å². The Labute approximate surface area is 171 Å². The van der Waals surface area contributed by atoms with Gasteiger partial charge in [0.2, 0.25) is 0 Å². The molecule has 2 atom stereocenters. The zero-order chi connectivity index (χ0) is 17.9. The third kappa shape index (κ3) is 4.34. The molecule has 0 saturated carbocycles. The van der Waals surface area contributed by atoms with E-state index < -0.39 is 4.83 Å². The first-order valence-electron chi connectivity index (χ1n) is 6.88. The van der Waals surface area contributed by atoms with E-state index in [1.54, 1.807) is 31.4 Å². The fourth-order valence-corrected chi connectivity index (χ4v) is 3.88. The van der Waals surface area contributed by atoms with E-state index in [0.29, 0.717) is 26.6 Å². The van der Waals surface area contributed by atoms with Crippen LogP contribution in [0, 0.1) is 0 Å². The van der Waals surface area contributed by atoms with Gasteiger partial charge in [0, 0.05) is 11.1 Å². The van der Waals surface area contributed by atoms with Gasteiger partial charge in [-0.05, 0) is 39.7 Å². The molecule has 0 aliphatic heterocycles. The topological polar surface area (TPSA) is 35.5 Å². The smallest absolute Gasteiger partial charge is 0.181 e. The predicted octanol–water partition coefficient (Wildman–Crippen LogP) is 6.20. The molecule has 2 rings (SSSR count). The third-order valence-corrected chi connectivity index (χ3v) is 7.02. The normalized spacial score (nSPS) is 13.2. The number of methoxy groups -OCH3 is 2. The minimum absolute atomic E-state index is 0.105. The molecule has 0 aromatic heterocycles. The highest BCUT2D eigenvalue weighted by Gasteiger charge is 2.29. The van der Waals surface area contributed by atoms with Crippen LogP contribution in [0.5, 0.6) is 11.5 Å². The summed E-state index contributed by atoms with van der Waals surface area (Å²) < 4.78 is 11.3. The van der Waals surface area contributed by atoms with E-state index in [9.17, 15) is 4.79 Å². The quantitative estimate of drug-likeness (QED) is 0.323. The molecule has 0 saturated heterocycles. The van der Waals surface area contributed by atoms with E-state index in [1.165, 1.54) is 7.11 Å². The summed E-state index contributed by atoms with van der Waals surface area (Å²) in [5.74, 6) is 0.954. The summed E-state index contributed by atoms with van der Waals surface area (Å²) in [7, 11) is 3.08. The van der Waals surface area contributed by atoms with Gasteiger partial charge in [0.15, 0.2) is 5.78 Å². The number of ketones is 1. The number of halogens is 4. The van der Waals surface area contributed by atoms with Crippen LogP contribution in [0.2, 0.25) is 5.02 Å². The van der Waals surface area contributed by atoms with E-state index >= 15 is 0 Å². The minimum Gasteiger partial charge on any atom is -0.496 e. The van der Waals surface area contributed by atoms with Gasteiger partial charge in [-0.15, -0.1) is 0 Å². The van der Waals surface area contributed by atoms with Crippen LogP contribution < -0.4 is 9.47 Å². The molecule has 0 amide bonds. The largest absolute Gasteiger partial charge is 0.496 e. The molecule has 3 nitrogen and oxygen atoms in total. The Hall–Kier alpha value is -0.560. The maximum atomic E-state index is 12.9. The molecule has 0 aliphatic carbocycles. The van der Waals surface area contributed by atoms with Crippen molar-refractivity contribution in [2.75, 3.05) is 14.2 Å². The molecule has 2 aromatic carbocycles. The maximum absolute atomic E-state index is 12.9. The van der Waals surface area contributed by atoms with Crippen molar-refractivity contribution >= 4 is 65.2 Å². The number of ether oxygens (including phenoxy) is 2. The molecule has 0 heterocycles. The lowest BCUT2D eigenvalue weighted by Gasteiger charge is -2.18. The predicted molar refractivity (Wildman–Crippen MR) is 107 cm³/mol. The van der Waals surface area contributed by atoms with Gasteiger partial charge in [-0.2, -0.15) is 0 Å². The van der Waals surface area contributed by atoms with Gasteiger partial charge >= 0.3 is 0 Å². The second-order valence-electron chi connectivity index (χ2n) is 4.91. The lowest BCUT2D eigenvalue weighted by molar-refractivity contribution is 0.0988. The van der Waals surface area contributed by atoms with Crippen LogP contribution >= 0.6 is 59.4 Å². The number of carbonyl (C=O) groups excluding carboxylic acids is 1. The first-order chi connectivity index (χ1) is 11.4. The van der Waals surface area contributed by atoms with E-state index in [-0.39, 0.29) is 10.6 Å². The highest BCUT2D eigenvalue weighted by Crippen LogP contribution is 2.38. The molecule has 24 heavy (non-hydrogen) atoms. The monoisotopic (exact) mass is 538 g/mol. The van der Waals surface area contributed by atoms with Gasteiger partial charge in [-0.25, -0.2) is 0 Å². The van der Waals surface area contributed by atoms with Crippen molar-refractivity contribution < 1.29 is 14.3 Å². The van der Waals surface area contributed by atoms with E-state index in [4.69, 9.17) is 21.1 Å². The molecule has 7 heteroatoms. The second kappa shape index (κ2) is 8.70. The van der Waals surface area contributed by atoms with Gasteiger partial charge in [0.25, 0.3) is 0 Å². The molecular formula is C17H14Br3ClO3. The summed E-state index contributed by atoms with van der Waals surface area (Å²) in [5.41, 5.74) is 1.41. The van der Waals surface area contributed by atoms with Crippen LogP contribution in [-0.2, 0) is 0 Å². The zero-order valence-electron chi connectivity index (χ0n) is 12.9. The first-order valence-corrected chi connectivity index (χ1v) is 9.88. The summed E-state index contributed by atoms with van der Waals surface area (Å²) in [6, 6.07) is 10.7. The number of Topliss-reactive ketones (excluding diaryl/α,β-unsaturated/α-hetero) is 1. The van der Waals surface area contributed by atoms with Crippen LogP contribution in [0.15, 0.2) is 40.9 Å². The van der Waals surface area contributed by atoms with E-state index in [1.807, 2.05) is 12.1 Å². The maximum Gasteiger partial charge on any atom is 0.181 e. The second-order valence-corrected chi connectivity index (χ2v) is 8.17. The highest BCUT2D eigenvalue weighted by molar-refractivity contribution is 9.12. The first kappa shape index (κ1) is 19.8. The molecule has 0 aliphatic rings. The summed E-state index contributed by atoms with van der Waals surface area (Å²) in [4.78, 5) is 12.2. The Kier molecular flexibility index (Phi) is 7.16. The molecule has 2 aromatic rings. The number of alkyl halides is 2.